The van der Waals surface area contributed by atoms with Crippen LogP contribution in [0.15, 0.2) is 24.3 Å². The fourth-order valence-electron chi connectivity index (χ4n) is 1.75. The fraction of sp³-hybridized carbons (Fsp3) is 0.0769. The lowest BCUT2D eigenvalue weighted by molar-refractivity contribution is 0.413. The van der Waals surface area contributed by atoms with Crippen LogP contribution < -0.4 is 10.5 Å². The Balaban J connectivity index is 2.83. The molecule has 0 aliphatic carbocycles. The quantitative estimate of drug-likeness (QED) is 0.601. The number of halogens is 4. The Hall–Kier alpha value is -1.08. The van der Waals surface area contributed by atoms with Gasteiger partial charge in [0.2, 0.25) is 0 Å². The van der Waals surface area contributed by atoms with Crippen molar-refractivity contribution in [3.63, 3.8) is 0 Å². The smallest absolute Gasteiger partial charge is 0.156 e. The van der Waals surface area contributed by atoms with Crippen molar-refractivity contribution in [3.05, 3.63) is 44.5 Å². The number of nitrogens with two attached hydrogens (primary N) is 1. The molecule has 0 heterocycles. The van der Waals surface area contributed by atoms with Gasteiger partial charge in [0, 0.05) is 9.13 Å². The highest BCUT2D eigenvalue weighted by molar-refractivity contribution is 14.1. The second-order valence-electron chi connectivity index (χ2n) is 3.76. The van der Waals surface area contributed by atoms with Crippen LogP contribution in [0.3, 0.4) is 0 Å². The molecule has 2 N–H and O–H groups in total. The van der Waals surface area contributed by atoms with E-state index in [0.717, 1.165) is 0 Å². The Bertz CT molecular complexity index is 649. The highest BCUT2D eigenvalue weighted by Gasteiger charge is 2.22. The summed E-state index contributed by atoms with van der Waals surface area (Å²) < 4.78 is 33.8. The summed E-state index contributed by atoms with van der Waals surface area (Å²) in [6, 6.07) is 5.70. The maximum Gasteiger partial charge on any atom is 0.156 e. The van der Waals surface area contributed by atoms with Crippen LogP contribution in [0.4, 0.5) is 14.5 Å². The third-order valence-corrected chi connectivity index (χ3v) is 3.84. The lowest BCUT2D eigenvalue weighted by Crippen LogP contribution is -2.00. The first-order valence-corrected chi connectivity index (χ1v) is 6.69. The van der Waals surface area contributed by atoms with Gasteiger partial charge in [-0.2, -0.15) is 0 Å². The molecule has 2 nitrogen and oxygen atoms in total. The molecule has 2 aromatic rings. The Morgan fingerprint density at radius 1 is 1.26 bits per heavy atom. The van der Waals surface area contributed by atoms with E-state index in [1.165, 1.54) is 31.4 Å². The van der Waals surface area contributed by atoms with Gasteiger partial charge in [0.1, 0.15) is 11.6 Å². The van der Waals surface area contributed by atoms with Gasteiger partial charge in [0.25, 0.3) is 0 Å². The van der Waals surface area contributed by atoms with Crippen molar-refractivity contribution < 1.29 is 13.5 Å². The van der Waals surface area contributed by atoms with Gasteiger partial charge >= 0.3 is 0 Å². The van der Waals surface area contributed by atoms with Gasteiger partial charge in [-0.3, -0.25) is 0 Å². The van der Waals surface area contributed by atoms with E-state index < -0.39 is 11.6 Å². The first-order chi connectivity index (χ1) is 8.97. The number of ether oxygens (including phenoxy) is 1. The van der Waals surface area contributed by atoms with Crippen LogP contribution >= 0.6 is 34.2 Å². The predicted octanol–water partition coefficient (Wildman–Crippen LogP) is 4.48. The molecule has 0 saturated carbocycles. The molecule has 0 bridgehead atoms. The van der Waals surface area contributed by atoms with Crippen molar-refractivity contribution in [3.8, 4) is 16.9 Å². The van der Waals surface area contributed by atoms with Gasteiger partial charge in [-0.15, -0.1) is 0 Å². The van der Waals surface area contributed by atoms with E-state index in [1.54, 1.807) is 0 Å². The minimum Gasteiger partial charge on any atom is -0.496 e. The van der Waals surface area contributed by atoms with Gasteiger partial charge in [0.15, 0.2) is 5.82 Å². The second-order valence-corrected chi connectivity index (χ2v) is 5.33. The maximum absolute atomic E-state index is 14.3. The lowest BCUT2D eigenvalue weighted by atomic mass is 10.0. The molecule has 19 heavy (non-hydrogen) atoms. The SMILES string of the molecule is COc1cccc(F)c1-c1c(Cl)cc(I)c(N)c1F. The molecule has 0 aliphatic heterocycles. The monoisotopic (exact) mass is 395 g/mol. The first-order valence-electron chi connectivity index (χ1n) is 5.23. The van der Waals surface area contributed by atoms with Crippen LogP contribution in [0.25, 0.3) is 11.1 Å². The molecule has 2 rings (SSSR count). The topological polar surface area (TPSA) is 35.2 Å². The van der Waals surface area contributed by atoms with Crippen LogP contribution in [0, 0.1) is 15.2 Å². The van der Waals surface area contributed by atoms with Crippen LogP contribution in [0.5, 0.6) is 5.75 Å². The van der Waals surface area contributed by atoms with Gasteiger partial charge in [0.05, 0.1) is 23.4 Å². The molecule has 100 valence electrons. The molecule has 0 aliphatic rings. The normalized spacial score (nSPS) is 10.6. The molecule has 6 heteroatoms. The fourth-order valence-corrected chi connectivity index (χ4v) is 2.77. The van der Waals surface area contributed by atoms with Gasteiger partial charge in [-0.1, -0.05) is 17.7 Å². The number of hydrogen-bond acceptors (Lipinski definition) is 2. The molecule has 0 aromatic heterocycles. The molecular formula is C13H9ClF2INO. The molecule has 0 atom stereocenters. The summed E-state index contributed by atoms with van der Waals surface area (Å²) in [5, 5.41) is 0.0829. The number of benzene rings is 2. The van der Waals surface area contributed by atoms with Crippen LogP contribution in [0.2, 0.25) is 5.02 Å². The summed E-state index contributed by atoms with van der Waals surface area (Å²) in [6.07, 6.45) is 0. The Morgan fingerprint density at radius 3 is 2.58 bits per heavy atom. The summed E-state index contributed by atoms with van der Waals surface area (Å²) >= 11 is 7.88. The number of nitrogen functional groups attached to an aromatic ring is 1. The number of hydrogen-bond donors (Lipinski definition) is 1. The summed E-state index contributed by atoms with van der Waals surface area (Å²) in [7, 11) is 1.38. The molecule has 0 amide bonds. The lowest BCUT2D eigenvalue weighted by Gasteiger charge is -2.14. The minimum absolute atomic E-state index is 0.0319. The van der Waals surface area contributed by atoms with E-state index in [9.17, 15) is 8.78 Å². The summed E-state index contributed by atoms with van der Waals surface area (Å²) in [5.74, 6) is -1.18. The number of rotatable bonds is 2. The van der Waals surface area contributed by atoms with Crippen molar-refractivity contribution in [2.45, 2.75) is 0 Å². The Morgan fingerprint density at radius 2 is 1.95 bits per heavy atom. The van der Waals surface area contributed by atoms with E-state index in [-0.39, 0.29) is 27.6 Å². The summed E-state index contributed by atoms with van der Waals surface area (Å²) in [6.45, 7) is 0. The Kier molecular flexibility index (Phi) is 4.15. The first kappa shape index (κ1) is 14.3. The average molecular weight is 396 g/mol. The van der Waals surface area contributed by atoms with Crippen LogP contribution in [-0.2, 0) is 0 Å². The molecule has 0 radical (unpaired) electrons. The van der Waals surface area contributed by atoms with E-state index in [0.29, 0.717) is 3.57 Å². The average Bonchev–Trinajstić information content (AvgIpc) is 2.38. The largest absolute Gasteiger partial charge is 0.496 e. The zero-order chi connectivity index (χ0) is 14.2. The van der Waals surface area contributed by atoms with Gasteiger partial charge < -0.3 is 10.5 Å². The van der Waals surface area contributed by atoms with Gasteiger partial charge in [-0.05, 0) is 40.8 Å². The van der Waals surface area contributed by atoms with Crippen molar-refractivity contribution in [1.82, 2.24) is 0 Å². The molecule has 0 fully saturated rings. The van der Waals surface area contributed by atoms with E-state index in [2.05, 4.69) is 0 Å². The van der Waals surface area contributed by atoms with E-state index in [1.807, 2.05) is 22.6 Å². The van der Waals surface area contributed by atoms with Crippen molar-refractivity contribution in [1.29, 1.82) is 0 Å². The standard InChI is InChI=1S/C13H9ClF2INO/c1-19-9-4-2-3-7(15)11(9)10-6(14)5-8(17)13(18)12(10)16/h2-5H,18H2,1H3. The molecule has 0 unspecified atom stereocenters. The zero-order valence-electron chi connectivity index (χ0n) is 9.81. The van der Waals surface area contributed by atoms with Crippen LogP contribution in [-0.4, -0.2) is 7.11 Å². The molecular weight excluding hydrogens is 387 g/mol. The molecule has 0 saturated heterocycles. The number of methoxy groups -OCH3 is 1. The Labute approximate surface area is 127 Å². The van der Waals surface area contributed by atoms with Crippen molar-refractivity contribution in [2.75, 3.05) is 12.8 Å². The summed E-state index contributed by atoms with van der Waals surface area (Å²) in [5.41, 5.74) is 5.44. The van der Waals surface area contributed by atoms with Crippen LogP contribution in [0.1, 0.15) is 0 Å². The third-order valence-electron chi connectivity index (χ3n) is 2.65. The summed E-state index contributed by atoms with van der Waals surface area (Å²) in [4.78, 5) is 0. The maximum atomic E-state index is 14.3. The van der Waals surface area contributed by atoms with E-state index >= 15 is 0 Å². The predicted molar refractivity (Wildman–Crippen MR) is 80.5 cm³/mol. The molecule has 2 aromatic carbocycles. The van der Waals surface area contributed by atoms with Crippen molar-refractivity contribution >= 4 is 39.9 Å². The van der Waals surface area contributed by atoms with E-state index in [4.69, 9.17) is 22.1 Å². The van der Waals surface area contributed by atoms with Crippen molar-refractivity contribution in [2.24, 2.45) is 0 Å². The number of anilines is 1. The second kappa shape index (κ2) is 5.50. The molecule has 0 spiro atoms. The zero-order valence-corrected chi connectivity index (χ0v) is 12.7. The minimum atomic E-state index is -0.750. The highest BCUT2D eigenvalue weighted by Crippen LogP contribution is 2.41. The van der Waals surface area contributed by atoms with Gasteiger partial charge in [-0.25, -0.2) is 8.78 Å². The highest BCUT2D eigenvalue weighted by atomic mass is 127. The third kappa shape index (κ3) is 2.49.